The van der Waals surface area contributed by atoms with Crippen molar-refractivity contribution in [2.45, 2.75) is 13.8 Å². The van der Waals surface area contributed by atoms with Gasteiger partial charge in [0.15, 0.2) is 5.58 Å². The van der Waals surface area contributed by atoms with Crippen molar-refractivity contribution in [3.63, 3.8) is 0 Å². The summed E-state index contributed by atoms with van der Waals surface area (Å²) in [4.78, 5) is 35.4. The first kappa shape index (κ1) is 14.1. The molecule has 0 amide bonds. The molecule has 0 bridgehead atoms. The highest BCUT2D eigenvalue weighted by atomic mass is 16.5. The van der Waals surface area contributed by atoms with Gasteiger partial charge in [0.2, 0.25) is 0 Å². The van der Waals surface area contributed by atoms with Crippen LogP contribution >= 0.6 is 0 Å². The molecule has 6 nitrogen and oxygen atoms in total. The highest BCUT2D eigenvalue weighted by molar-refractivity contribution is 6.13. The lowest BCUT2D eigenvalue weighted by Crippen LogP contribution is -2.10. The third-order valence-electron chi connectivity index (χ3n) is 3.32. The Morgan fingerprint density at radius 2 is 1.86 bits per heavy atom. The fourth-order valence-electron chi connectivity index (χ4n) is 2.40. The first-order valence-electron chi connectivity index (χ1n) is 6.69. The fourth-order valence-corrected chi connectivity index (χ4v) is 2.40. The Labute approximate surface area is 123 Å². The Balaban J connectivity index is 2.53. The van der Waals surface area contributed by atoms with E-state index < -0.39 is 17.2 Å². The molecular formula is C16H12O6. The second-order valence-electron chi connectivity index (χ2n) is 4.76. The Hall–Kier alpha value is -2.89. The molecule has 0 aliphatic rings. The van der Waals surface area contributed by atoms with Crippen molar-refractivity contribution in [1.29, 1.82) is 0 Å². The molecule has 112 valence electrons. The SMILES string of the molecule is CCOC(=O)c1cc(=O)oc2ccc3c(C)cc(=O)oc3c12. The van der Waals surface area contributed by atoms with Gasteiger partial charge < -0.3 is 13.6 Å². The molecular weight excluding hydrogens is 288 g/mol. The normalized spacial score (nSPS) is 11.0. The maximum Gasteiger partial charge on any atom is 0.339 e. The van der Waals surface area contributed by atoms with Gasteiger partial charge in [-0.3, -0.25) is 0 Å². The number of benzene rings is 1. The number of carbonyl (C=O) groups excluding carboxylic acids is 1. The summed E-state index contributed by atoms with van der Waals surface area (Å²) in [5, 5.41) is 0.919. The zero-order valence-corrected chi connectivity index (χ0v) is 12.0. The van der Waals surface area contributed by atoms with Crippen LogP contribution in [0.5, 0.6) is 0 Å². The van der Waals surface area contributed by atoms with Crippen LogP contribution in [0, 0.1) is 6.92 Å². The van der Waals surface area contributed by atoms with Crippen molar-refractivity contribution in [3.05, 3.63) is 56.2 Å². The number of ether oxygens (including phenoxy) is 1. The van der Waals surface area contributed by atoms with Crippen molar-refractivity contribution in [1.82, 2.24) is 0 Å². The van der Waals surface area contributed by atoms with Gasteiger partial charge in [0.25, 0.3) is 0 Å². The first-order valence-corrected chi connectivity index (χ1v) is 6.69. The number of hydrogen-bond donors (Lipinski definition) is 0. The van der Waals surface area contributed by atoms with E-state index in [0.717, 1.165) is 6.07 Å². The fraction of sp³-hybridized carbons (Fsp3) is 0.188. The second kappa shape index (κ2) is 5.14. The molecule has 2 heterocycles. The summed E-state index contributed by atoms with van der Waals surface area (Å²) in [6.07, 6.45) is 0. The smallest absolute Gasteiger partial charge is 0.339 e. The van der Waals surface area contributed by atoms with Crippen LogP contribution in [0.2, 0.25) is 0 Å². The van der Waals surface area contributed by atoms with E-state index in [0.29, 0.717) is 10.9 Å². The molecule has 0 saturated heterocycles. The molecule has 0 spiro atoms. The zero-order chi connectivity index (χ0) is 15.9. The highest BCUT2D eigenvalue weighted by Crippen LogP contribution is 2.28. The minimum Gasteiger partial charge on any atom is -0.462 e. The summed E-state index contributed by atoms with van der Waals surface area (Å²) >= 11 is 0. The molecule has 0 radical (unpaired) electrons. The molecule has 2 aromatic heterocycles. The lowest BCUT2D eigenvalue weighted by molar-refractivity contribution is 0.0528. The topological polar surface area (TPSA) is 86.7 Å². The van der Waals surface area contributed by atoms with Gasteiger partial charge >= 0.3 is 17.2 Å². The molecule has 1 aromatic carbocycles. The molecule has 0 fully saturated rings. The van der Waals surface area contributed by atoms with Crippen LogP contribution in [0.25, 0.3) is 21.9 Å². The summed E-state index contributed by atoms with van der Waals surface area (Å²) in [5.74, 6) is -0.669. The summed E-state index contributed by atoms with van der Waals surface area (Å²) in [7, 11) is 0. The Morgan fingerprint density at radius 1 is 1.14 bits per heavy atom. The molecule has 0 unspecified atom stereocenters. The number of fused-ring (bicyclic) bond motifs is 3. The minimum atomic E-state index is -0.676. The Kier molecular flexibility index (Phi) is 3.29. The van der Waals surface area contributed by atoms with Gasteiger partial charge in [0.1, 0.15) is 5.58 Å². The van der Waals surface area contributed by atoms with Crippen molar-refractivity contribution in [2.75, 3.05) is 6.61 Å². The first-order chi connectivity index (χ1) is 10.5. The minimum absolute atomic E-state index is 0.0208. The molecule has 0 N–H and O–H groups in total. The third kappa shape index (κ3) is 2.18. The van der Waals surface area contributed by atoms with Crippen molar-refractivity contribution in [3.8, 4) is 0 Å². The van der Waals surface area contributed by atoms with Gasteiger partial charge in [-0.05, 0) is 31.5 Å². The predicted octanol–water partition coefficient (Wildman–Crippen LogP) is 2.38. The largest absolute Gasteiger partial charge is 0.462 e. The average molecular weight is 300 g/mol. The molecule has 0 aliphatic heterocycles. The number of aryl methyl sites for hydroxylation is 1. The number of rotatable bonds is 2. The van der Waals surface area contributed by atoms with Crippen molar-refractivity contribution >= 4 is 27.9 Å². The zero-order valence-electron chi connectivity index (χ0n) is 12.0. The standard InChI is InChI=1S/C16H12O6/c1-3-20-16(19)10-7-13(18)21-11-5-4-9-8(2)6-12(17)22-15(9)14(10)11/h4-7H,3H2,1-2H3. The molecule has 3 rings (SSSR count). The van der Waals surface area contributed by atoms with E-state index in [1.165, 1.54) is 6.07 Å². The number of hydrogen-bond acceptors (Lipinski definition) is 6. The van der Waals surface area contributed by atoms with E-state index in [4.69, 9.17) is 13.6 Å². The number of esters is 1. The van der Waals surface area contributed by atoms with Crippen LogP contribution in [-0.4, -0.2) is 12.6 Å². The van der Waals surface area contributed by atoms with Crippen LogP contribution in [0.1, 0.15) is 22.8 Å². The third-order valence-corrected chi connectivity index (χ3v) is 3.32. The van der Waals surface area contributed by atoms with E-state index in [2.05, 4.69) is 0 Å². The van der Waals surface area contributed by atoms with Crippen LogP contribution in [0.4, 0.5) is 0 Å². The van der Waals surface area contributed by atoms with E-state index in [1.54, 1.807) is 26.0 Å². The van der Waals surface area contributed by atoms with Crippen LogP contribution in [-0.2, 0) is 4.74 Å². The van der Waals surface area contributed by atoms with Gasteiger partial charge in [-0.15, -0.1) is 0 Å². The van der Waals surface area contributed by atoms with Gasteiger partial charge in [0, 0.05) is 17.5 Å². The summed E-state index contributed by atoms with van der Waals surface area (Å²) in [5.41, 5.74) is -0.129. The predicted molar refractivity (Wildman–Crippen MR) is 79.2 cm³/mol. The molecule has 6 heteroatoms. The van der Waals surface area contributed by atoms with E-state index in [-0.39, 0.29) is 28.7 Å². The maximum atomic E-state index is 12.1. The molecule has 0 saturated carbocycles. The van der Waals surface area contributed by atoms with Crippen molar-refractivity contribution in [2.24, 2.45) is 0 Å². The Morgan fingerprint density at radius 3 is 2.59 bits per heavy atom. The molecule has 3 aromatic rings. The quantitative estimate of drug-likeness (QED) is 0.410. The average Bonchev–Trinajstić information content (AvgIpc) is 2.45. The summed E-state index contributed by atoms with van der Waals surface area (Å²) < 4.78 is 15.3. The maximum absolute atomic E-state index is 12.1. The van der Waals surface area contributed by atoms with Crippen LogP contribution in [0.3, 0.4) is 0 Å². The second-order valence-corrected chi connectivity index (χ2v) is 4.76. The van der Waals surface area contributed by atoms with Crippen LogP contribution < -0.4 is 11.3 Å². The molecule has 0 atom stereocenters. The van der Waals surface area contributed by atoms with E-state index in [9.17, 15) is 14.4 Å². The van der Waals surface area contributed by atoms with E-state index >= 15 is 0 Å². The van der Waals surface area contributed by atoms with Gasteiger partial charge in [-0.2, -0.15) is 0 Å². The van der Waals surface area contributed by atoms with Crippen LogP contribution in [0.15, 0.2) is 42.7 Å². The summed E-state index contributed by atoms with van der Waals surface area (Å²) in [6, 6.07) is 5.64. The lowest BCUT2D eigenvalue weighted by Gasteiger charge is -2.08. The molecule has 0 aliphatic carbocycles. The van der Waals surface area contributed by atoms with Crippen molar-refractivity contribution < 1.29 is 18.4 Å². The Bertz CT molecular complexity index is 1010. The lowest BCUT2D eigenvalue weighted by atomic mass is 10.0. The highest BCUT2D eigenvalue weighted by Gasteiger charge is 2.19. The number of carbonyl (C=O) groups is 1. The monoisotopic (exact) mass is 300 g/mol. The summed E-state index contributed by atoms with van der Waals surface area (Å²) in [6.45, 7) is 3.58. The van der Waals surface area contributed by atoms with E-state index in [1.807, 2.05) is 0 Å². The van der Waals surface area contributed by atoms with Gasteiger partial charge in [-0.25, -0.2) is 14.4 Å². The molecule has 22 heavy (non-hydrogen) atoms. The van der Waals surface area contributed by atoms with Gasteiger partial charge in [0.05, 0.1) is 17.6 Å². The van der Waals surface area contributed by atoms with Gasteiger partial charge in [-0.1, -0.05) is 0 Å².